The van der Waals surface area contributed by atoms with Crippen LogP contribution in [-0.2, 0) is 4.79 Å². The number of aliphatic carboxylic acids is 1. The van der Waals surface area contributed by atoms with Crippen molar-refractivity contribution >= 4 is 11.9 Å². The number of nitrogens with one attached hydrogen (secondary N) is 1. The van der Waals surface area contributed by atoms with E-state index in [0.29, 0.717) is 6.54 Å². The second-order valence-electron chi connectivity index (χ2n) is 5.39. The normalized spacial score (nSPS) is 28.4. The largest absolute Gasteiger partial charge is 0.480 e. The third-order valence-corrected chi connectivity index (χ3v) is 4.30. The van der Waals surface area contributed by atoms with Gasteiger partial charge in [-0.3, -0.25) is 9.59 Å². The summed E-state index contributed by atoms with van der Waals surface area (Å²) in [7, 11) is 0. The highest BCUT2D eigenvalue weighted by atomic mass is 16.4. The minimum Gasteiger partial charge on any atom is -0.480 e. The van der Waals surface area contributed by atoms with Crippen molar-refractivity contribution in [2.24, 2.45) is 11.8 Å². The van der Waals surface area contributed by atoms with Crippen molar-refractivity contribution in [3.8, 4) is 0 Å². The number of fused-ring (bicyclic) bond motifs is 1. The van der Waals surface area contributed by atoms with E-state index in [0.717, 1.165) is 25.5 Å². The molecule has 2 fully saturated rings. The van der Waals surface area contributed by atoms with Gasteiger partial charge >= 0.3 is 5.97 Å². The topological polar surface area (TPSA) is 103 Å². The van der Waals surface area contributed by atoms with Crippen molar-refractivity contribution in [3.05, 3.63) is 28.4 Å². The lowest BCUT2D eigenvalue weighted by Gasteiger charge is -2.23. The highest BCUT2D eigenvalue weighted by Gasteiger charge is 2.49. The van der Waals surface area contributed by atoms with Crippen molar-refractivity contribution in [1.29, 1.82) is 0 Å². The molecular formula is C13H15N3O4. The van der Waals surface area contributed by atoms with Crippen LogP contribution in [0.4, 0.5) is 0 Å². The molecular weight excluding hydrogens is 262 g/mol. The van der Waals surface area contributed by atoms with Crippen LogP contribution in [0.1, 0.15) is 29.8 Å². The van der Waals surface area contributed by atoms with E-state index in [2.05, 4.69) is 9.97 Å². The molecule has 2 heterocycles. The summed E-state index contributed by atoms with van der Waals surface area (Å²) < 4.78 is 0. The van der Waals surface area contributed by atoms with Gasteiger partial charge in [0.05, 0.1) is 6.20 Å². The van der Waals surface area contributed by atoms with Crippen LogP contribution in [0.2, 0.25) is 0 Å². The van der Waals surface area contributed by atoms with Gasteiger partial charge in [-0.25, -0.2) is 9.78 Å². The summed E-state index contributed by atoms with van der Waals surface area (Å²) >= 11 is 0. The minimum atomic E-state index is -0.961. The monoisotopic (exact) mass is 277 g/mol. The van der Waals surface area contributed by atoms with Gasteiger partial charge in [0.2, 0.25) is 0 Å². The maximum absolute atomic E-state index is 12.4. The number of hydrogen-bond donors (Lipinski definition) is 2. The first kappa shape index (κ1) is 12.8. The zero-order valence-corrected chi connectivity index (χ0v) is 10.8. The van der Waals surface area contributed by atoms with Gasteiger partial charge in [0.15, 0.2) is 0 Å². The molecule has 1 amide bonds. The van der Waals surface area contributed by atoms with Crippen LogP contribution in [0.15, 0.2) is 17.2 Å². The molecule has 1 aliphatic heterocycles. The van der Waals surface area contributed by atoms with Crippen molar-refractivity contribution in [2.45, 2.75) is 25.3 Å². The van der Waals surface area contributed by atoms with Crippen molar-refractivity contribution in [3.63, 3.8) is 0 Å². The van der Waals surface area contributed by atoms with E-state index in [-0.39, 0.29) is 17.5 Å². The van der Waals surface area contributed by atoms with Crippen LogP contribution in [-0.4, -0.2) is 44.4 Å². The summed E-state index contributed by atoms with van der Waals surface area (Å²) in [5.74, 6) is -1.08. The van der Waals surface area contributed by atoms with Crippen LogP contribution in [0, 0.1) is 11.8 Å². The summed E-state index contributed by atoms with van der Waals surface area (Å²) in [6, 6.07) is -0.774. The number of H-pyrrole nitrogens is 1. The summed E-state index contributed by atoms with van der Waals surface area (Å²) in [5, 5.41) is 9.40. The second kappa shape index (κ2) is 4.73. The summed E-state index contributed by atoms with van der Waals surface area (Å²) in [6.45, 7) is 0.460. The Balaban J connectivity index is 1.88. The smallest absolute Gasteiger partial charge is 0.326 e. The molecule has 2 N–H and O–H groups in total. The van der Waals surface area contributed by atoms with Crippen molar-refractivity contribution in [1.82, 2.24) is 14.9 Å². The average molecular weight is 277 g/mol. The van der Waals surface area contributed by atoms with E-state index in [1.54, 1.807) is 0 Å². The number of carbonyl (C=O) groups is 2. The van der Waals surface area contributed by atoms with Gasteiger partial charge in [0, 0.05) is 12.7 Å². The first-order valence-electron chi connectivity index (χ1n) is 6.66. The molecule has 1 aromatic rings. The van der Waals surface area contributed by atoms with Crippen molar-refractivity contribution < 1.29 is 14.7 Å². The number of carbonyl (C=O) groups excluding carboxylic acids is 1. The summed E-state index contributed by atoms with van der Waals surface area (Å²) in [5.41, 5.74) is -0.314. The summed E-state index contributed by atoms with van der Waals surface area (Å²) in [6.07, 6.45) is 5.11. The molecule has 3 unspecified atom stereocenters. The van der Waals surface area contributed by atoms with Crippen LogP contribution >= 0.6 is 0 Å². The van der Waals surface area contributed by atoms with Gasteiger partial charge in [-0.05, 0) is 24.7 Å². The van der Waals surface area contributed by atoms with E-state index in [1.807, 2.05) is 0 Å². The second-order valence-corrected chi connectivity index (χ2v) is 5.39. The van der Waals surface area contributed by atoms with Gasteiger partial charge in [-0.1, -0.05) is 6.42 Å². The van der Waals surface area contributed by atoms with Gasteiger partial charge in [0.25, 0.3) is 11.5 Å². The molecule has 0 aromatic carbocycles. The molecule has 1 saturated carbocycles. The molecule has 0 spiro atoms. The van der Waals surface area contributed by atoms with Crippen LogP contribution < -0.4 is 5.56 Å². The van der Waals surface area contributed by atoms with Gasteiger partial charge in [-0.2, -0.15) is 0 Å². The average Bonchev–Trinajstić information content (AvgIpc) is 2.97. The van der Waals surface area contributed by atoms with E-state index >= 15 is 0 Å². The number of amides is 1. The fourth-order valence-electron chi connectivity index (χ4n) is 3.44. The Labute approximate surface area is 114 Å². The van der Waals surface area contributed by atoms with E-state index in [1.165, 1.54) is 11.1 Å². The lowest BCUT2D eigenvalue weighted by molar-refractivity contribution is -0.142. The maximum Gasteiger partial charge on any atom is 0.326 e. The predicted molar refractivity (Wildman–Crippen MR) is 68.1 cm³/mol. The lowest BCUT2D eigenvalue weighted by Crippen LogP contribution is -2.43. The highest BCUT2D eigenvalue weighted by molar-refractivity contribution is 5.95. The fourth-order valence-corrected chi connectivity index (χ4v) is 3.44. The van der Waals surface area contributed by atoms with Gasteiger partial charge in [0.1, 0.15) is 11.7 Å². The number of carboxylic acids is 1. The molecule has 1 aromatic heterocycles. The Morgan fingerprint density at radius 1 is 1.40 bits per heavy atom. The SMILES string of the molecule is O=C(O)C1C2CCCC2CN1C(=O)c1c[nH]c(=O)cn1. The minimum absolute atomic E-state index is 0.0409. The molecule has 1 aliphatic carbocycles. The lowest BCUT2D eigenvalue weighted by atomic mass is 9.94. The predicted octanol–water partition coefficient (Wildman–Crippen LogP) is 0.0952. The first-order chi connectivity index (χ1) is 9.58. The van der Waals surface area contributed by atoms with E-state index in [9.17, 15) is 19.5 Å². The molecule has 106 valence electrons. The zero-order chi connectivity index (χ0) is 14.3. The number of nitrogens with zero attached hydrogens (tertiary/aromatic N) is 2. The van der Waals surface area contributed by atoms with Crippen LogP contribution in [0.5, 0.6) is 0 Å². The third-order valence-electron chi connectivity index (χ3n) is 4.30. The molecule has 3 atom stereocenters. The standard InChI is InChI=1S/C13H15N3O4/c17-10-5-14-9(4-15-10)12(18)16-6-7-2-1-3-8(7)11(16)13(19)20/h4-5,7-8,11H,1-3,6H2,(H,15,17)(H,19,20). The molecule has 2 aliphatic rings. The molecule has 0 bridgehead atoms. The molecule has 0 radical (unpaired) electrons. The van der Waals surface area contributed by atoms with E-state index < -0.39 is 23.5 Å². The van der Waals surface area contributed by atoms with Crippen molar-refractivity contribution in [2.75, 3.05) is 6.54 Å². The number of hydrogen-bond acceptors (Lipinski definition) is 4. The fraction of sp³-hybridized carbons (Fsp3) is 0.538. The number of aromatic nitrogens is 2. The Hall–Kier alpha value is -2.18. The number of rotatable bonds is 2. The third kappa shape index (κ3) is 1.99. The van der Waals surface area contributed by atoms with E-state index in [4.69, 9.17) is 0 Å². The molecule has 7 heteroatoms. The molecule has 20 heavy (non-hydrogen) atoms. The molecule has 3 rings (SSSR count). The Bertz CT molecular complexity index is 591. The summed E-state index contributed by atoms with van der Waals surface area (Å²) in [4.78, 5) is 42.4. The maximum atomic E-state index is 12.4. The van der Waals surface area contributed by atoms with Gasteiger partial charge < -0.3 is 15.0 Å². The number of likely N-dealkylation sites (tertiary alicyclic amines) is 1. The van der Waals surface area contributed by atoms with Crippen LogP contribution in [0.25, 0.3) is 0 Å². The molecule has 1 saturated heterocycles. The molecule has 7 nitrogen and oxygen atoms in total. The Morgan fingerprint density at radius 3 is 2.85 bits per heavy atom. The number of aromatic amines is 1. The first-order valence-corrected chi connectivity index (χ1v) is 6.66. The Morgan fingerprint density at radius 2 is 2.20 bits per heavy atom. The zero-order valence-electron chi connectivity index (χ0n) is 10.8. The quantitative estimate of drug-likeness (QED) is 0.797. The highest BCUT2D eigenvalue weighted by Crippen LogP contribution is 2.42. The van der Waals surface area contributed by atoms with Gasteiger partial charge in [-0.15, -0.1) is 0 Å². The van der Waals surface area contributed by atoms with Crippen LogP contribution in [0.3, 0.4) is 0 Å². The number of carboxylic acid groups (broad SMARTS) is 1. The Kier molecular flexibility index (Phi) is 3.04.